The van der Waals surface area contributed by atoms with Gasteiger partial charge < -0.3 is 5.73 Å². The molecular weight excluding hydrogens is 248 g/mol. The van der Waals surface area contributed by atoms with E-state index in [4.69, 9.17) is 5.73 Å². The average Bonchev–Trinajstić information content (AvgIpc) is 2.98. The van der Waals surface area contributed by atoms with Crippen molar-refractivity contribution in [3.8, 4) is 17.1 Å². The summed E-state index contributed by atoms with van der Waals surface area (Å²) in [5, 5.41) is 8.28. The number of hydrogen-bond acceptors (Lipinski definition) is 3. The van der Waals surface area contributed by atoms with Gasteiger partial charge in [-0.05, 0) is 36.7 Å². The maximum atomic E-state index is 5.62. The SMILES string of the molecule is NCCc1cccc(-c2nncn2-c2ccccc2)c1. The lowest BCUT2D eigenvalue weighted by Gasteiger charge is -2.07. The summed E-state index contributed by atoms with van der Waals surface area (Å²) in [5.74, 6) is 0.843. The lowest BCUT2D eigenvalue weighted by atomic mass is 10.1. The molecule has 0 aliphatic carbocycles. The van der Waals surface area contributed by atoms with Crippen LogP contribution in [0.3, 0.4) is 0 Å². The van der Waals surface area contributed by atoms with E-state index >= 15 is 0 Å². The molecule has 2 aromatic carbocycles. The molecule has 1 aromatic heterocycles. The molecule has 4 nitrogen and oxygen atoms in total. The Morgan fingerprint density at radius 2 is 1.85 bits per heavy atom. The predicted octanol–water partition coefficient (Wildman–Crippen LogP) is 2.44. The van der Waals surface area contributed by atoms with Gasteiger partial charge in [-0.25, -0.2) is 0 Å². The lowest BCUT2D eigenvalue weighted by Crippen LogP contribution is -2.03. The van der Waals surface area contributed by atoms with Crippen LogP contribution in [-0.4, -0.2) is 21.3 Å². The molecule has 0 spiro atoms. The van der Waals surface area contributed by atoms with Gasteiger partial charge in [0, 0.05) is 11.3 Å². The zero-order chi connectivity index (χ0) is 13.8. The second-order valence-electron chi connectivity index (χ2n) is 4.60. The number of nitrogens with zero attached hydrogens (tertiary/aromatic N) is 3. The smallest absolute Gasteiger partial charge is 0.168 e. The molecule has 0 saturated carbocycles. The van der Waals surface area contributed by atoms with E-state index in [1.54, 1.807) is 6.33 Å². The Morgan fingerprint density at radius 3 is 2.65 bits per heavy atom. The minimum Gasteiger partial charge on any atom is -0.330 e. The van der Waals surface area contributed by atoms with E-state index in [0.717, 1.165) is 23.5 Å². The van der Waals surface area contributed by atoms with E-state index in [2.05, 4.69) is 22.3 Å². The monoisotopic (exact) mass is 264 g/mol. The third-order valence-corrected chi connectivity index (χ3v) is 3.20. The van der Waals surface area contributed by atoms with E-state index in [9.17, 15) is 0 Å². The van der Waals surface area contributed by atoms with Crippen LogP contribution in [0.1, 0.15) is 5.56 Å². The maximum Gasteiger partial charge on any atom is 0.168 e. The summed E-state index contributed by atoms with van der Waals surface area (Å²) in [5.41, 5.74) is 8.94. The number of para-hydroxylation sites is 1. The van der Waals surface area contributed by atoms with Crippen molar-refractivity contribution in [2.75, 3.05) is 6.54 Å². The van der Waals surface area contributed by atoms with Crippen molar-refractivity contribution in [2.45, 2.75) is 6.42 Å². The number of benzene rings is 2. The van der Waals surface area contributed by atoms with Gasteiger partial charge in [0.2, 0.25) is 0 Å². The molecule has 0 saturated heterocycles. The normalized spacial score (nSPS) is 10.7. The van der Waals surface area contributed by atoms with Crippen LogP contribution in [0.5, 0.6) is 0 Å². The first-order chi connectivity index (χ1) is 9.88. The summed E-state index contributed by atoms with van der Waals surface area (Å²) in [6.07, 6.45) is 2.60. The average molecular weight is 264 g/mol. The number of rotatable bonds is 4. The van der Waals surface area contributed by atoms with Gasteiger partial charge in [0.05, 0.1) is 0 Å². The Hall–Kier alpha value is -2.46. The Bertz CT molecular complexity index is 688. The highest BCUT2D eigenvalue weighted by atomic mass is 15.3. The topological polar surface area (TPSA) is 56.7 Å². The first-order valence-electron chi connectivity index (χ1n) is 6.63. The molecule has 0 unspecified atom stereocenters. The molecule has 1 heterocycles. The zero-order valence-corrected chi connectivity index (χ0v) is 11.1. The van der Waals surface area contributed by atoms with E-state index in [1.807, 2.05) is 47.0 Å². The standard InChI is InChI=1S/C16H16N4/c17-10-9-13-5-4-6-14(11-13)16-19-18-12-20(16)15-7-2-1-3-8-15/h1-8,11-12H,9-10,17H2. The van der Waals surface area contributed by atoms with Crippen molar-refractivity contribution in [1.82, 2.24) is 14.8 Å². The fourth-order valence-corrected chi connectivity index (χ4v) is 2.24. The van der Waals surface area contributed by atoms with Crippen molar-refractivity contribution in [1.29, 1.82) is 0 Å². The predicted molar refractivity (Wildman–Crippen MR) is 79.6 cm³/mol. The molecule has 0 bridgehead atoms. The van der Waals surface area contributed by atoms with E-state index in [0.29, 0.717) is 6.54 Å². The van der Waals surface area contributed by atoms with Gasteiger partial charge in [-0.15, -0.1) is 10.2 Å². The Labute approximate surface area is 117 Å². The van der Waals surface area contributed by atoms with Crippen LogP contribution in [0.2, 0.25) is 0 Å². The molecule has 0 fully saturated rings. The molecule has 2 N–H and O–H groups in total. The van der Waals surface area contributed by atoms with Crippen LogP contribution in [-0.2, 0) is 6.42 Å². The third-order valence-electron chi connectivity index (χ3n) is 3.20. The van der Waals surface area contributed by atoms with Gasteiger partial charge in [-0.3, -0.25) is 4.57 Å². The van der Waals surface area contributed by atoms with Crippen LogP contribution in [0.4, 0.5) is 0 Å². The molecule has 3 aromatic rings. The minimum atomic E-state index is 0.648. The molecule has 4 heteroatoms. The van der Waals surface area contributed by atoms with Crippen LogP contribution in [0.25, 0.3) is 17.1 Å². The molecule has 0 atom stereocenters. The lowest BCUT2D eigenvalue weighted by molar-refractivity contribution is 0.967. The molecule has 0 radical (unpaired) electrons. The molecule has 3 rings (SSSR count). The number of hydrogen-bond donors (Lipinski definition) is 1. The third kappa shape index (κ3) is 2.46. The van der Waals surface area contributed by atoms with Gasteiger partial charge in [0.25, 0.3) is 0 Å². The summed E-state index contributed by atoms with van der Waals surface area (Å²) in [6, 6.07) is 18.4. The van der Waals surface area contributed by atoms with Crippen molar-refractivity contribution in [2.24, 2.45) is 5.73 Å². The van der Waals surface area contributed by atoms with Gasteiger partial charge >= 0.3 is 0 Å². The van der Waals surface area contributed by atoms with Crippen molar-refractivity contribution < 1.29 is 0 Å². The highest BCUT2D eigenvalue weighted by Gasteiger charge is 2.09. The summed E-state index contributed by atoms with van der Waals surface area (Å²) in [6.45, 7) is 0.648. The molecular formula is C16H16N4. The molecule has 100 valence electrons. The first kappa shape index (κ1) is 12.6. The Kier molecular flexibility index (Phi) is 3.56. The van der Waals surface area contributed by atoms with Crippen molar-refractivity contribution in [3.05, 3.63) is 66.5 Å². The molecule has 0 amide bonds. The molecule has 0 aliphatic rings. The summed E-state index contributed by atoms with van der Waals surface area (Å²) < 4.78 is 1.99. The fraction of sp³-hybridized carbons (Fsp3) is 0.125. The zero-order valence-electron chi connectivity index (χ0n) is 11.1. The molecule has 0 aliphatic heterocycles. The largest absolute Gasteiger partial charge is 0.330 e. The van der Waals surface area contributed by atoms with Gasteiger partial charge in [-0.2, -0.15) is 0 Å². The molecule has 20 heavy (non-hydrogen) atoms. The Morgan fingerprint density at radius 1 is 1.00 bits per heavy atom. The quantitative estimate of drug-likeness (QED) is 0.787. The van der Waals surface area contributed by atoms with Gasteiger partial charge in [0.1, 0.15) is 6.33 Å². The second-order valence-corrected chi connectivity index (χ2v) is 4.60. The summed E-state index contributed by atoms with van der Waals surface area (Å²) in [7, 11) is 0. The van der Waals surface area contributed by atoms with Gasteiger partial charge in [0.15, 0.2) is 5.82 Å². The van der Waals surface area contributed by atoms with Crippen LogP contribution in [0.15, 0.2) is 60.9 Å². The van der Waals surface area contributed by atoms with E-state index < -0.39 is 0 Å². The summed E-state index contributed by atoms with van der Waals surface area (Å²) in [4.78, 5) is 0. The Balaban J connectivity index is 2.04. The fourth-order valence-electron chi connectivity index (χ4n) is 2.24. The summed E-state index contributed by atoms with van der Waals surface area (Å²) >= 11 is 0. The number of nitrogens with two attached hydrogens (primary N) is 1. The van der Waals surface area contributed by atoms with E-state index in [1.165, 1.54) is 5.56 Å². The van der Waals surface area contributed by atoms with Crippen LogP contribution < -0.4 is 5.73 Å². The highest BCUT2D eigenvalue weighted by molar-refractivity contribution is 5.59. The van der Waals surface area contributed by atoms with Crippen molar-refractivity contribution in [3.63, 3.8) is 0 Å². The van der Waals surface area contributed by atoms with E-state index in [-0.39, 0.29) is 0 Å². The highest BCUT2D eigenvalue weighted by Crippen LogP contribution is 2.21. The minimum absolute atomic E-state index is 0.648. The maximum absolute atomic E-state index is 5.62. The second kappa shape index (κ2) is 5.67. The van der Waals surface area contributed by atoms with Gasteiger partial charge in [-0.1, -0.05) is 36.4 Å². The number of aromatic nitrogens is 3. The van der Waals surface area contributed by atoms with Crippen LogP contribution in [0, 0.1) is 0 Å². The first-order valence-corrected chi connectivity index (χ1v) is 6.63. The van der Waals surface area contributed by atoms with Crippen molar-refractivity contribution >= 4 is 0 Å². The van der Waals surface area contributed by atoms with Crippen LogP contribution >= 0.6 is 0 Å².